The summed E-state index contributed by atoms with van der Waals surface area (Å²) in [4.78, 5) is 12.8. The van der Waals surface area contributed by atoms with Crippen LogP contribution in [0.4, 0.5) is 5.69 Å². The Labute approximate surface area is 216 Å². The molecule has 4 rings (SSSR count). The van der Waals surface area contributed by atoms with E-state index < -0.39 is 0 Å². The first-order chi connectivity index (χ1) is 17.0. The van der Waals surface area contributed by atoms with E-state index in [4.69, 9.17) is 16.3 Å². The molecule has 1 aliphatic carbocycles. The van der Waals surface area contributed by atoms with E-state index in [1.807, 2.05) is 44.2 Å². The predicted molar refractivity (Wildman–Crippen MR) is 143 cm³/mol. The molecule has 186 valence electrons. The summed E-state index contributed by atoms with van der Waals surface area (Å²) in [5, 5.41) is 13.5. The summed E-state index contributed by atoms with van der Waals surface area (Å²) in [6.45, 7) is 6.40. The number of amides is 1. The van der Waals surface area contributed by atoms with Gasteiger partial charge in [0.2, 0.25) is 5.91 Å². The van der Waals surface area contributed by atoms with Crippen LogP contribution in [0.3, 0.4) is 0 Å². The highest BCUT2D eigenvalue weighted by Crippen LogP contribution is 2.33. The Balaban J connectivity index is 1.47. The zero-order valence-electron chi connectivity index (χ0n) is 20.6. The number of aromatic nitrogens is 3. The van der Waals surface area contributed by atoms with Gasteiger partial charge in [-0.2, -0.15) is 0 Å². The van der Waals surface area contributed by atoms with Gasteiger partial charge in [-0.1, -0.05) is 67.7 Å². The molecule has 1 fully saturated rings. The van der Waals surface area contributed by atoms with E-state index in [1.165, 1.54) is 31.0 Å². The number of carbonyl (C=O) groups is 1. The number of halogens is 1. The summed E-state index contributed by atoms with van der Waals surface area (Å²) in [5.74, 6) is 1.79. The molecule has 0 spiro atoms. The zero-order chi connectivity index (χ0) is 24.8. The highest BCUT2D eigenvalue weighted by Gasteiger charge is 2.24. The molecule has 1 aliphatic rings. The molecule has 1 aromatic heterocycles. The highest BCUT2D eigenvalue weighted by molar-refractivity contribution is 7.99. The molecule has 0 bridgehead atoms. The van der Waals surface area contributed by atoms with Crippen molar-refractivity contribution in [2.75, 3.05) is 11.1 Å². The summed E-state index contributed by atoms with van der Waals surface area (Å²) < 4.78 is 8.25. The first-order valence-electron chi connectivity index (χ1n) is 12.3. The van der Waals surface area contributed by atoms with Gasteiger partial charge >= 0.3 is 0 Å². The highest BCUT2D eigenvalue weighted by atomic mass is 35.5. The Kier molecular flexibility index (Phi) is 8.74. The van der Waals surface area contributed by atoms with E-state index in [0.29, 0.717) is 12.6 Å². The van der Waals surface area contributed by atoms with E-state index in [2.05, 4.69) is 33.1 Å². The van der Waals surface area contributed by atoms with Gasteiger partial charge in [-0.25, -0.2) is 0 Å². The van der Waals surface area contributed by atoms with Crippen LogP contribution in [0, 0.1) is 13.8 Å². The maximum absolute atomic E-state index is 12.8. The van der Waals surface area contributed by atoms with Gasteiger partial charge in [0, 0.05) is 16.8 Å². The number of aryl methyl sites for hydroxylation is 3. The fourth-order valence-electron chi connectivity index (χ4n) is 4.57. The molecule has 0 saturated heterocycles. The van der Waals surface area contributed by atoms with Gasteiger partial charge in [0.25, 0.3) is 0 Å². The van der Waals surface area contributed by atoms with Crippen molar-refractivity contribution in [1.82, 2.24) is 14.8 Å². The summed E-state index contributed by atoms with van der Waals surface area (Å²) in [6, 6.07) is 12.1. The second-order valence-corrected chi connectivity index (χ2v) is 10.4. The van der Waals surface area contributed by atoms with E-state index in [-0.39, 0.29) is 11.7 Å². The van der Waals surface area contributed by atoms with Gasteiger partial charge in [-0.3, -0.25) is 9.36 Å². The second kappa shape index (κ2) is 12.0. The van der Waals surface area contributed by atoms with Gasteiger partial charge in [-0.05, 0) is 68.0 Å². The fraction of sp³-hybridized carbons (Fsp3) is 0.444. The normalized spacial score (nSPS) is 14.2. The number of carbonyl (C=O) groups excluding carboxylic acids is 1. The molecule has 3 aromatic rings. The minimum absolute atomic E-state index is 0.0355. The Morgan fingerprint density at radius 3 is 2.69 bits per heavy atom. The standard InChI is InChI=1S/C27H33ClN4O2S/c1-4-20-10-8-9-18(2)26(20)29-25(33)17-35-27-31-30-24(32(27)21-11-6-5-7-12-21)16-34-22-13-14-23(28)19(3)15-22/h8-10,13-15,21H,4-7,11-12,16-17H2,1-3H3,(H,29,33). The van der Waals surface area contributed by atoms with Crippen molar-refractivity contribution >= 4 is 35.0 Å². The fourth-order valence-corrected chi connectivity index (χ4v) is 5.51. The lowest BCUT2D eigenvalue weighted by Crippen LogP contribution is -2.19. The minimum atomic E-state index is -0.0355. The molecule has 1 amide bonds. The van der Waals surface area contributed by atoms with Crippen molar-refractivity contribution in [2.24, 2.45) is 0 Å². The van der Waals surface area contributed by atoms with E-state index in [9.17, 15) is 4.79 Å². The lowest BCUT2D eigenvalue weighted by atomic mass is 9.95. The van der Waals surface area contributed by atoms with Crippen LogP contribution in [-0.4, -0.2) is 26.4 Å². The average Bonchev–Trinajstić information content (AvgIpc) is 3.28. The Bertz CT molecular complexity index is 1170. The number of hydrogen-bond donors (Lipinski definition) is 1. The first-order valence-corrected chi connectivity index (χ1v) is 13.7. The number of hydrogen-bond acceptors (Lipinski definition) is 5. The summed E-state index contributed by atoms with van der Waals surface area (Å²) in [6.07, 6.45) is 6.70. The maximum atomic E-state index is 12.8. The lowest BCUT2D eigenvalue weighted by molar-refractivity contribution is -0.113. The average molecular weight is 513 g/mol. The van der Waals surface area contributed by atoms with Crippen LogP contribution in [0.2, 0.25) is 5.02 Å². The Morgan fingerprint density at radius 2 is 1.94 bits per heavy atom. The van der Waals surface area contributed by atoms with Crippen LogP contribution < -0.4 is 10.1 Å². The number of ether oxygens (including phenoxy) is 1. The van der Waals surface area contributed by atoms with Crippen molar-refractivity contribution in [3.05, 3.63) is 63.9 Å². The molecule has 0 aliphatic heterocycles. The molecule has 0 atom stereocenters. The number of anilines is 1. The minimum Gasteiger partial charge on any atom is -0.486 e. The summed E-state index contributed by atoms with van der Waals surface area (Å²) in [7, 11) is 0. The Morgan fingerprint density at radius 1 is 1.14 bits per heavy atom. The van der Waals surface area contributed by atoms with Crippen LogP contribution in [0.15, 0.2) is 41.6 Å². The Hall–Kier alpha value is -2.51. The van der Waals surface area contributed by atoms with Gasteiger partial charge in [0.1, 0.15) is 12.4 Å². The molecule has 0 radical (unpaired) electrons. The van der Waals surface area contributed by atoms with Crippen molar-refractivity contribution in [3.8, 4) is 5.75 Å². The number of nitrogens with zero attached hydrogens (tertiary/aromatic N) is 3. The quantitative estimate of drug-likeness (QED) is 0.315. The smallest absolute Gasteiger partial charge is 0.234 e. The zero-order valence-corrected chi connectivity index (χ0v) is 22.2. The molecule has 35 heavy (non-hydrogen) atoms. The van der Waals surface area contributed by atoms with Crippen molar-refractivity contribution in [2.45, 2.75) is 77.1 Å². The van der Waals surface area contributed by atoms with Gasteiger partial charge in [0.15, 0.2) is 11.0 Å². The third-order valence-electron chi connectivity index (χ3n) is 6.51. The van der Waals surface area contributed by atoms with Gasteiger partial charge in [-0.15, -0.1) is 10.2 Å². The third kappa shape index (κ3) is 6.39. The summed E-state index contributed by atoms with van der Waals surface area (Å²) in [5.41, 5.74) is 4.11. The number of rotatable bonds is 9. The van der Waals surface area contributed by atoms with E-state index >= 15 is 0 Å². The SMILES string of the molecule is CCc1cccc(C)c1NC(=O)CSc1nnc(COc2ccc(Cl)c(C)c2)n1C1CCCCC1. The van der Waals surface area contributed by atoms with Crippen LogP contribution in [0.25, 0.3) is 0 Å². The number of benzene rings is 2. The molecule has 1 heterocycles. The van der Waals surface area contributed by atoms with Gasteiger partial charge in [0.05, 0.1) is 5.75 Å². The van der Waals surface area contributed by atoms with Crippen molar-refractivity contribution < 1.29 is 9.53 Å². The molecule has 6 nitrogen and oxygen atoms in total. The van der Waals surface area contributed by atoms with Crippen molar-refractivity contribution in [1.29, 1.82) is 0 Å². The van der Waals surface area contributed by atoms with Gasteiger partial charge < -0.3 is 10.1 Å². The number of thioether (sulfide) groups is 1. The van der Waals surface area contributed by atoms with E-state index in [0.717, 1.165) is 63.4 Å². The lowest BCUT2D eigenvalue weighted by Gasteiger charge is -2.25. The molecule has 0 unspecified atom stereocenters. The molecule has 2 aromatic carbocycles. The molecule has 8 heteroatoms. The molecule has 1 N–H and O–H groups in total. The van der Waals surface area contributed by atoms with Crippen LogP contribution in [-0.2, 0) is 17.8 Å². The van der Waals surface area contributed by atoms with Crippen LogP contribution in [0.5, 0.6) is 5.75 Å². The molecular weight excluding hydrogens is 480 g/mol. The van der Waals surface area contributed by atoms with E-state index in [1.54, 1.807) is 0 Å². The number of para-hydroxylation sites is 1. The maximum Gasteiger partial charge on any atom is 0.234 e. The monoisotopic (exact) mass is 512 g/mol. The topological polar surface area (TPSA) is 69.0 Å². The van der Waals surface area contributed by atoms with Crippen LogP contribution >= 0.6 is 23.4 Å². The largest absolute Gasteiger partial charge is 0.486 e. The second-order valence-electron chi connectivity index (χ2n) is 9.06. The first kappa shape index (κ1) is 25.6. The third-order valence-corrected chi connectivity index (χ3v) is 7.88. The summed E-state index contributed by atoms with van der Waals surface area (Å²) >= 11 is 7.59. The van der Waals surface area contributed by atoms with Crippen molar-refractivity contribution in [3.63, 3.8) is 0 Å². The predicted octanol–water partition coefficient (Wildman–Crippen LogP) is 6.93. The number of nitrogens with one attached hydrogen (secondary N) is 1. The molecule has 1 saturated carbocycles. The van der Waals surface area contributed by atoms with Crippen LogP contribution in [0.1, 0.15) is 67.6 Å². The molecular formula is C27H33ClN4O2S.